The Balaban J connectivity index is 1.49. The van der Waals surface area contributed by atoms with Crippen LogP contribution in [-0.2, 0) is 26.8 Å². The largest absolute Gasteiger partial charge is 0.354 e. The molecule has 0 radical (unpaired) electrons. The molecule has 0 bridgehead atoms. The minimum Gasteiger partial charge on any atom is -0.354 e. The predicted octanol–water partition coefficient (Wildman–Crippen LogP) is 2.12. The van der Waals surface area contributed by atoms with Crippen LogP contribution < -0.4 is 14.9 Å². The van der Waals surface area contributed by atoms with E-state index in [1.54, 1.807) is 18.3 Å². The molecule has 1 aromatic heterocycles. The van der Waals surface area contributed by atoms with Crippen molar-refractivity contribution in [3.8, 4) is 0 Å². The molecule has 0 atom stereocenters. The summed E-state index contributed by atoms with van der Waals surface area (Å²) in [6.07, 6.45) is 1.82. The Morgan fingerprint density at radius 2 is 1.73 bits per heavy atom. The summed E-state index contributed by atoms with van der Waals surface area (Å²) in [6.45, 7) is 10.4. The molecule has 8 nitrogen and oxygen atoms in total. The van der Waals surface area contributed by atoms with Crippen LogP contribution in [0.2, 0.25) is 0 Å². The molecule has 1 aliphatic heterocycles. The molecule has 2 N–H and O–H groups in total. The van der Waals surface area contributed by atoms with Crippen molar-refractivity contribution in [1.82, 2.24) is 19.9 Å². The highest BCUT2D eigenvalue weighted by Gasteiger charge is 2.19. The van der Waals surface area contributed by atoms with Crippen LogP contribution in [0.4, 0.5) is 5.82 Å². The maximum absolute atomic E-state index is 12.5. The van der Waals surface area contributed by atoms with Gasteiger partial charge in [-0.2, -0.15) is 0 Å². The number of benzene rings is 1. The number of amides is 1. The molecule has 2 aromatic rings. The van der Waals surface area contributed by atoms with E-state index in [2.05, 4.69) is 52.6 Å². The number of likely N-dealkylation sites (N-methyl/N-ethyl adjacent to an activating group) is 1. The van der Waals surface area contributed by atoms with E-state index in [0.717, 1.165) is 43.1 Å². The van der Waals surface area contributed by atoms with Crippen LogP contribution in [0.3, 0.4) is 0 Å². The van der Waals surface area contributed by atoms with Gasteiger partial charge in [0.1, 0.15) is 5.82 Å². The van der Waals surface area contributed by atoms with Gasteiger partial charge in [0, 0.05) is 57.4 Å². The van der Waals surface area contributed by atoms with Gasteiger partial charge in [-0.3, -0.25) is 4.79 Å². The SMILES string of the molecule is CN1CCN(c2ncccc2CNC(=O)CCNS(=O)(=O)c2ccc(C(C)(C)C)cc2)CC1. The van der Waals surface area contributed by atoms with Crippen molar-refractivity contribution in [2.45, 2.75) is 44.0 Å². The maximum atomic E-state index is 12.5. The third-order valence-corrected chi connectivity index (χ3v) is 7.30. The fraction of sp³-hybridized carbons (Fsp3) is 0.500. The summed E-state index contributed by atoms with van der Waals surface area (Å²) in [4.78, 5) is 21.6. The van der Waals surface area contributed by atoms with Crippen LogP contribution in [0.5, 0.6) is 0 Å². The van der Waals surface area contributed by atoms with E-state index in [9.17, 15) is 13.2 Å². The first kappa shape index (κ1) is 25.1. The maximum Gasteiger partial charge on any atom is 0.240 e. The van der Waals surface area contributed by atoms with Gasteiger partial charge < -0.3 is 15.1 Å². The van der Waals surface area contributed by atoms with Crippen LogP contribution >= 0.6 is 0 Å². The van der Waals surface area contributed by atoms with Crippen LogP contribution in [0.25, 0.3) is 0 Å². The van der Waals surface area contributed by atoms with Crippen molar-refractivity contribution in [1.29, 1.82) is 0 Å². The van der Waals surface area contributed by atoms with Gasteiger partial charge in [-0.15, -0.1) is 0 Å². The molecule has 1 saturated heterocycles. The molecule has 3 rings (SSSR count). The monoisotopic (exact) mass is 473 g/mol. The predicted molar refractivity (Wildman–Crippen MR) is 131 cm³/mol. The Hall–Kier alpha value is -2.49. The van der Waals surface area contributed by atoms with Gasteiger partial charge >= 0.3 is 0 Å². The van der Waals surface area contributed by atoms with Gasteiger partial charge in [-0.25, -0.2) is 18.1 Å². The smallest absolute Gasteiger partial charge is 0.240 e. The second-order valence-corrected chi connectivity index (χ2v) is 11.2. The lowest BCUT2D eigenvalue weighted by molar-refractivity contribution is -0.121. The molecule has 9 heteroatoms. The highest BCUT2D eigenvalue weighted by atomic mass is 32.2. The van der Waals surface area contributed by atoms with Gasteiger partial charge in [0.05, 0.1) is 4.90 Å². The van der Waals surface area contributed by atoms with Crippen molar-refractivity contribution >= 4 is 21.7 Å². The number of hydrogen-bond donors (Lipinski definition) is 2. The van der Waals surface area contributed by atoms with E-state index < -0.39 is 10.0 Å². The number of piperazine rings is 1. The third kappa shape index (κ3) is 6.99. The number of rotatable bonds is 8. The van der Waals surface area contributed by atoms with Gasteiger partial charge in [-0.1, -0.05) is 39.0 Å². The molecular formula is C24H35N5O3S. The molecule has 0 spiro atoms. The summed E-state index contributed by atoms with van der Waals surface area (Å²) in [6, 6.07) is 10.7. The number of carbonyl (C=O) groups excluding carboxylic acids is 1. The number of aromatic nitrogens is 1. The van der Waals surface area contributed by atoms with Crippen molar-refractivity contribution in [2.75, 3.05) is 44.7 Å². The Bertz CT molecular complexity index is 1040. The Morgan fingerprint density at radius 1 is 1.06 bits per heavy atom. The Labute approximate surface area is 197 Å². The topological polar surface area (TPSA) is 94.6 Å². The third-order valence-electron chi connectivity index (χ3n) is 5.82. The summed E-state index contributed by atoms with van der Waals surface area (Å²) in [7, 11) is -1.56. The minimum atomic E-state index is -3.66. The van der Waals surface area contributed by atoms with Crippen LogP contribution in [0, 0.1) is 0 Å². The second-order valence-electron chi connectivity index (χ2n) is 9.48. The second kappa shape index (κ2) is 10.6. The lowest BCUT2D eigenvalue weighted by Crippen LogP contribution is -2.45. The number of pyridine rings is 1. The van der Waals surface area contributed by atoms with Gasteiger partial charge in [0.25, 0.3) is 0 Å². The molecule has 1 aliphatic rings. The van der Waals surface area contributed by atoms with Crippen LogP contribution in [-0.4, -0.2) is 64.0 Å². The summed E-state index contributed by atoms with van der Waals surface area (Å²) >= 11 is 0. The molecule has 0 unspecified atom stereocenters. The van der Waals surface area contributed by atoms with E-state index >= 15 is 0 Å². The van der Waals surface area contributed by atoms with Crippen LogP contribution in [0.1, 0.15) is 38.3 Å². The average molecular weight is 474 g/mol. The van der Waals surface area contributed by atoms with Gasteiger partial charge in [0.2, 0.25) is 15.9 Å². The standard InChI is InChI=1S/C24H35N5O3S/c1-24(2,3)20-7-9-21(10-8-20)33(31,32)27-13-11-22(30)26-18-19-6-5-12-25-23(19)29-16-14-28(4)15-17-29/h5-10,12,27H,11,13-18H2,1-4H3,(H,26,30). The quantitative estimate of drug-likeness (QED) is 0.610. The Morgan fingerprint density at radius 3 is 2.36 bits per heavy atom. The normalized spacial score (nSPS) is 15.5. The molecule has 180 valence electrons. The highest BCUT2D eigenvalue weighted by molar-refractivity contribution is 7.89. The van der Waals surface area contributed by atoms with Crippen LogP contribution in [0.15, 0.2) is 47.5 Å². The molecule has 1 fully saturated rings. The number of hydrogen-bond acceptors (Lipinski definition) is 6. The zero-order valence-electron chi connectivity index (χ0n) is 20.0. The summed E-state index contributed by atoms with van der Waals surface area (Å²) < 4.78 is 27.6. The first-order valence-electron chi connectivity index (χ1n) is 11.3. The van der Waals surface area contributed by atoms with E-state index in [1.807, 2.05) is 24.3 Å². The fourth-order valence-electron chi connectivity index (χ4n) is 3.67. The number of sulfonamides is 1. The lowest BCUT2D eigenvalue weighted by Gasteiger charge is -2.34. The highest BCUT2D eigenvalue weighted by Crippen LogP contribution is 2.23. The molecule has 1 amide bonds. The Kier molecular flexibility index (Phi) is 8.10. The number of anilines is 1. The molecule has 0 saturated carbocycles. The molecular weight excluding hydrogens is 438 g/mol. The number of carbonyl (C=O) groups is 1. The summed E-state index contributed by atoms with van der Waals surface area (Å²) in [5, 5.41) is 2.89. The van der Waals surface area contributed by atoms with Gasteiger partial charge in [-0.05, 0) is 36.2 Å². The lowest BCUT2D eigenvalue weighted by atomic mass is 9.87. The fourth-order valence-corrected chi connectivity index (χ4v) is 4.70. The zero-order chi connectivity index (χ0) is 24.1. The number of nitrogens with zero attached hydrogens (tertiary/aromatic N) is 3. The van der Waals surface area contributed by atoms with Gasteiger partial charge in [0.15, 0.2) is 0 Å². The minimum absolute atomic E-state index is 0.0353. The molecule has 0 aliphatic carbocycles. The van der Waals surface area contributed by atoms with Crippen molar-refractivity contribution in [3.05, 3.63) is 53.7 Å². The summed E-state index contributed by atoms with van der Waals surface area (Å²) in [5.41, 5.74) is 1.97. The molecule has 1 aromatic carbocycles. The molecule has 2 heterocycles. The van der Waals surface area contributed by atoms with E-state index in [-0.39, 0.29) is 29.2 Å². The van der Waals surface area contributed by atoms with Crippen molar-refractivity contribution < 1.29 is 13.2 Å². The first-order valence-corrected chi connectivity index (χ1v) is 12.8. The average Bonchev–Trinajstić information content (AvgIpc) is 2.78. The number of nitrogens with one attached hydrogen (secondary N) is 2. The van der Waals surface area contributed by atoms with Crippen molar-refractivity contribution in [2.24, 2.45) is 0 Å². The zero-order valence-corrected chi connectivity index (χ0v) is 20.8. The van der Waals surface area contributed by atoms with Crippen molar-refractivity contribution in [3.63, 3.8) is 0 Å². The van der Waals surface area contributed by atoms with E-state index in [4.69, 9.17) is 0 Å². The van der Waals surface area contributed by atoms with E-state index in [0.29, 0.717) is 6.54 Å². The summed E-state index contributed by atoms with van der Waals surface area (Å²) in [5.74, 6) is 0.680. The van der Waals surface area contributed by atoms with E-state index in [1.165, 1.54) is 0 Å². The molecule has 33 heavy (non-hydrogen) atoms. The first-order chi connectivity index (χ1) is 15.6.